The van der Waals surface area contributed by atoms with Crippen molar-refractivity contribution < 1.29 is 36.2 Å². The van der Waals surface area contributed by atoms with Gasteiger partial charge in [0.2, 0.25) is 0 Å². The Kier molecular flexibility index (Phi) is 9.09. The van der Waals surface area contributed by atoms with E-state index in [9.17, 15) is 0 Å². The summed E-state index contributed by atoms with van der Waals surface area (Å²) in [5.74, 6) is 0. The van der Waals surface area contributed by atoms with Crippen LogP contribution in [0.25, 0.3) is 0 Å². The van der Waals surface area contributed by atoms with E-state index >= 15 is 0 Å². The molecule has 12 heteroatoms. The van der Waals surface area contributed by atoms with E-state index in [1.54, 1.807) is 0 Å². The molecule has 0 unspecified atom stereocenters. The van der Waals surface area contributed by atoms with Crippen LogP contribution in [-0.4, -0.2) is 59.6 Å². The SMILES string of the molecule is CS(=O)(=O)[O-].CS(=O)(=O)[O-].C[NH2+]c1ccc2c(c1)Sc1cc([NH+](C)C)ccc1N2. The molecule has 0 bridgehead atoms. The Morgan fingerprint density at radius 3 is 1.79 bits per heavy atom. The second-order valence-electron chi connectivity index (χ2n) is 6.39. The maximum atomic E-state index is 9.08. The number of nitrogens with one attached hydrogen (secondary N) is 2. The zero-order valence-electron chi connectivity index (χ0n) is 16.7. The smallest absolute Gasteiger partial charge is 0.132 e. The number of hydrogen-bond acceptors (Lipinski definition) is 8. The second-order valence-corrected chi connectivity index (χ2v) is 10.3. The molecule has 0 aliphatic carbocycles. The number of nitrogens with two attached hydrogens (primary N) is 1. The number of hydrogen-bond donors (Lipinski definition) is 3. The monoisotopic (exact) mass is 463 g/mol. The molecule has 2 aromatic carbocycles. The van der Waals surface area contributed by atoms with Gasteiger partial charge < -0.3 is 24.6 Å². The van der Waals surface area contributed by atoms with E-state index in [4.69, 9.17) is 25.9 Å². The van der Waals surface area contributed by atoms with Gasteiger partial charge in [0.1, 0.15) is 11.4 Å². The maximum absolute atomic E-state index is 9.08. The van der Waals surface area contributed by atoms with Crippen molar-refractivity contribution in [1.82, 2.24) is 0 Å². The van der Waals surface area contributed by atoms with Gasteiger partial charge in [0.15, 0.2) is 0 Å². The van der Waals surface area contributed by atoms with Gasteiger partial charge in [-0.1, -0.05) is 11.8 Å². The van der Waals surface area contributed by atoms with Crippen molar-refractivity contribution in [2.24, 2.45) is 0 Å². The molecule has 0 saturated heterocycles. The molecule has 0 spiro atoms. The van der Waals surface area contributed by atoms with Gasteiger partial charge in [-0.3, -0.25) is 0 Å². The third-order valence-corrected chi connectivity index (χ3v) is 4.50. The largest absolute Gasteiger partial charge is 0.748 e. The number of fused-ring (bicyclic) bond motifs is 2. The lowest BCUT2D eigenvalue weighted by atomic mass is 10.2. The number of quaternary nitrogens is 2. The third kappa shape index (κ3) is 10.6. The fraction of sp³-hybridized carbons (Fsp3) is 0.294. The van der Waals surface area contributed by atoms with Crippen molar-refractivity contribution in [3.63, 3.8) is 0 Å². The Hall–Kier alpha value is -1.67. The fourth-order valence-corrected chi connectivity index (χ4v) is 3.27. The van der Waals surface area contributed by atoms with Crippen LogP contribution in [0.2, 0.25) is 0 Å². The standard InChI is InChI=1S/C15H17N3S.2CH4O3S/c1-16-10-4-6-12-14(8-10)19-15-9-11(18(2)3)5-7-13(15)17-12;2*1-5(2,3)4/h4-9,16-17H,1-3H3;2*1H3,(H,2,3,4). The quantitative estimate of drug-likeness (QED) is 0.350. The second kappa shape index (κ2) is 10.4. The summed E-state index contributed by atoms with van der Waals surface area (Å²) in [6, 6.07) is 13.2. The summed E-state index contributed by atoms with van der Waals surface area (Å²) in [4.78, 5) is 3.96. The molecular formula is C17H25N3O6S3. The van der Waals surface area contributed by atoms with Gasteiger partial charge in [-0.05, 0) is 12.1 Å². The Balaban J connectivity index is 0.000000353. The maximum Gasteiger partial charge on any atom is 0.132 e. The molecule has 3 rings (SSSR count). The third-order valence-electron chi connectivity index (χ3n) is 3.39. The lowest BCUT2D eigenvalue weighted by Crippen LogP contribution is -3.00. The zero-order valence-corrected chi connectivity index (χ0v) is 19.2. The van der Waals surface area contributed by atoms with Crippen LogP contribution in [0.15, 0.2) is 46.2 Å². The van der Waals surface area contributed by atoms with Crippen LogP contribution in [0.4, 0.5) is 22.7 Å². The summed E-state index contributed by atoms with van der Waals surface area (Å²) in [5, 5.41) is 5.65. The van der Waals surface area contributed by atoms with Crippen LogP contribution in [0.1, 0.15) is 0 Å². The average Bonchev–Trinajstić information content (AvgIpc) is 2.55. The molecule has 0 fully saturated rings. The van der Waals surface area contributed by atoms with Crippen molar-refractivity contribution in [2.45, 2.75) is 9.79 Å². The Morgan fingerprint density at radius 2 is 1.34 bits per heavy atom. The molecule has 162 valence electrons. The van der Waals surface area contributed by atoms with Gasteiger partial charge in [-0.15, -0.1) is 0 Å². The van der Waals surface area contributed by atoms with Crippen LogP contribution in [0.5, 0.6) is 0 Å². The summed E-state index contributed by atoms with van der Waals surface area (Å²) in [6.07, 6.45) is 1.21. The fourth-order valence-electron chi connectivity index (χ4n) is 2.19. The topological polar surface area (TPSA) is 147 Å². The first-order valence-corrected chi connectivity index (χ1v) is 12.8. The highest BCUT2D eigenvalue weighted by Crippen LogP contribution is 2.45. The minimum atomic E-state index is -3.92. The van der Waals surface area contributed by atoms with Crippen LogP contribution < -0.4 is 15.5 Å². The van der Waals surface area contributed by atoms with Crippen molar-refractivity contribution >= 4 is 54.7 Å². The molecule has 4 N–H and O–H groups in total. The van der Waals surface area contributed by atoms with Crippen molar-refractivity contribution in [3.05, 3.63) is 36.4 Å². The molecule has 2 aromatic rings. The summed E-state index contributed by atoms with van der Waals surface area (Å²) in [5.41, 5.74) is 4.99. The normalized spacial score (nSPS) is 12.4. The van der Waals surface area contributed by atoms with Gasteiger partial charge in [0.05, 0.1) is 52.8 Å². The number of rotatable bonds is 2. The molecule has 1 aliphatic rings. The first-order valence-electron chi connectivity index (χ1n) is 8.32. The van der Waals surface area contributed by atoms with Crippen LogP contribution >= 0.6 is 11.8 Å². The molecular weight excluding hydrogens is 438 g/mol. The van der Waals surface area contributed by atoms with Crippen LogP contribution in [0.3, 0.4) is 0 Å². The van der Waals surface area contributed by atoms with Gasteiger partial charge in [-0.2, -0.15) is 0 Å². The lowest BCUT2D eigenvalue weighted by molar-refractivity contribution is -0.786. The first-order chi connectivity index (χ1) is 13.2. The van der Waals surface area contributed by atoms with Crippen LogP contribution in [-0.2, 0) is 20.2 Å². The number of anilines is 2. The van der Waals surface area contributed by atoms with Gasteiger partial charge >= 0.3 is 0 Å². The van der Waals surface area contributed by atoms with Crippen molar-refractivity contribution in [3.8, 4) is 0 Å². The Bertz CT molecular complexity index is 1010. The highest BCUT2D eigenvalue weighted by atomic mass is 32.2. The predicted octanol–water partition coefficient (Wildman–Crippen LogP) is -0.182. The molecule has 0 radical (unpaired) electrons. The molecule has 9 nitrogen and oxygen atoms in total. The summed E-state index contributed by atoms with van der Waals surface area (Å²) >= 11 is 1.85. The summed E-state index contributed by atoms with van der Waals surface area (Å²) in [7, 11) is -1.45. The molecule has 29 heavy (non-hydrogen) atoms. The molecule has 0 amide bonds. The highest BCUT2D eigenvalue weighted by Gasteiger charge is 2.18. The summed E-state index contributed by atoms with van der Waals surface area (Å²) < 4.78 is 54.5. The first kappa shape index (κ1) is 25.4. The van der Waals surface area contributed by atoms with E-state index in [2.05, 4.69) is 68.2 Å². The molecule has 1 heterocycles. The Morgan fingerprint density at radius 1 is 0.897 bits per heavy atom. The van der Waals surface area contributed by atoms with Gasteiger partial charge in [0, 0.05) is 46.6 Å². The Labute approximate surface area is 176 Å². The van der Waals surface area contributed by atoms with Crippen LogP contribution in [0, 0.1) is 0 Å². The lowest BCUT2D eigenvalue weighted by Gasteiger charge is -2.21. The van der Waals surface area contributed by atoms with Crippen molar-refractivity contribution in [1.29, 1.82) is 0 Å². The van der Waals surface area contributed by atoms with E-state index in [1.807, 2.05) is 11.8 Å². The molecule has 0 atom stereocenters. The minimum absolute atomic E-state index is 0.604. The minimum Gasteiger partial charge on any atom is -0.748 e. The van der Waals surface area contributed by atoms with E-state index in [-0.39, 0.29) is 0 Å². The van der Waals surface area contributed by atoms with E-state index < -0.39 is 20.2 Å². The van der Waals surface area contributed by atoms with Gasteiger partial charge in [0.25, 0.3) is 0 Å². The molecule has 1 aliphatic heterocycles. The van der Waals surface area contributed by atoms with E-state index in [0.717, 1.165) is 0 Å². The average molecular weight is 464 g/mol. The zero-order chi connectivity index (χ0) is 22.4. The van der Waals surface area contributed by atoms with Gasteiger partial charge in [-0.25, -0.2) is 16.8 Å². The van der Waals surface area contributed by atoms with E-state index in [1.165, 1.54) is 37.4 Å². The molecule has 0 aromatic heterocycles. The predicted molar refractivity (Wildman–Crippen MR) is 112 cm³/mol. The van der Waals surface area contributed by atoms with Crippen molar-refractivity contribution in [2.75, 3.05) is 39.0 Å². The number of benzene rings is 2. The highest BCUT2D eigenvalue weighted by molar-refractivity contribution is 7.99. The van der Waals surface area contributed by atoms with E-state index in [0.29, 0.717) is 12.5 Å². The molecule has 0 saturated carbocycles. The summed E-state index contributed by atoms with van der Waals surface area (Å²) in [6.45, 7) is 0.